The van der Waals surface area contributed by atoms with Crippen molar-refractivity contribution in [3.63, 3.8) is 0 Å². The molecule has 1 saturated heterocycles. The highest BCUT2D eigenvalue weighted by molar-refractivity contribution is 6.02. The average Bonchev–Trinajstić information content (AvgIpc) is 2.73. The van der Waals surface area contributed by atoms with Crippen molar-refractivity contribution in [2.24, 2.45) is 11.8 Å². The van der Waals surface area contributed by atoms with Crippen LogP contribution in [0.2, 0.25) is 0 Å². The van der Waals surface area contributed by atoms with Gasteiger partial charge in [-0.3, -0.25) is 14.9 Å². The van der Waals surface area contributed by atoms with E-state index in [1.165, 1.54) is 24.1 Å². The number of nitro benzene ring substituents is 1. The first kappa shape index (κ1) is 23.1. The minimum absolute atomic E-state index is 0.0354. The molecule has 1 saturated carbocycles. The topological polar surface area (TPSA) is 87.5 Å². The summed E-state index contributed by atoms with van der Waals surface area (Å²) in [7, 11) is 1.50. The summed E-state index contributed by atoms with van der Waals surface area (Å²) in [6.07, 6.45) is -0.360. The van der Waals surface area contributed by atoms with Gasteiger partial charge in [0, 0.05) is 32.2 Å². The van der Waals surface area contributed by atoms with Crippen LogP contribution in [0.3, 0.4) is 0 Å². The molecule has 31 heavy (non-hydrogen) atoms. The second-order valence-electron chi connectivity index (χ2n) is 8.65. The maximum atomic E-state index is 13.3. The number of anilines is 2. The quantitative estimate of drug-likeness (QED) is 0.509. The monoisotopic (exact) mass is 442 g/mol. The number of amides is 1. The van der Waals surface area contributed by atoms with Crippen LogP contribution in [0.1, 0.15) is 55.8 Å². The van der Waals surface area contributed by atoms with Crippen LogP contribution < -0.4 is 15.5 Å². The molecule has 1 atom stereocenters. The number of rotatable bonds is 5. The smallest absolute Gasteiger partial charge is 0.383 e. The van der Waals surface area contributed by atoms with E-state index in [4.69, 9.17) is 0 Å². The number of nitrogens with one attached hydrogen (secondary N) is 2. The van der Waals surface area contributed by atoms with Gasteiger partial charge in [-0.2, -0.15) is 13.2 Å². The molecule has 0 bridgehead atoms. The summed E-state index contributed by atoms with van der Waals surface area (Å²) in [5.74, 6) is -1.38. The zero-order chi connectivity index (χ0) is 22.8. The van der Waals surface area contributed by atoms with E-state index >= 15 is 0 Å². The highest BCUT2D eigenvalue weighted by Gasteiger charge is 2.42. The fraction of sp³-hybridized carbons (Fsp3) is 0.667. The summed E-state index contributed by atoms with van der Waals surface area (Å²) in [5.41, 5.74) is 0.230. The Morgan fingerprint density at radius 1 is 1.19 bits per heavy atom. The number of nitrogens with zero attached hydrogens (tertiary/aromatic N) is 2. The average molecular weight is 442 g/mol. The molecule has 0 aromatic heterocycles. The Labute approximate surface area is 179 Å². The van der Waals surface area contributed by atoms with Gasteiger partial charge in [0.2, 0.25) is 0 Å². The molecular weight excluding hydrogens is 413 g/mol. The molecule has 2 fully saturated rings. The number of hydrogen-bond donors (Lipinski definition) is 2. The highest BCUT2D eigenvalue weighted by Crippen LogP contribution is 2.39. The molecule has 1 aliphatic heterocycles. The van der Waals surface area contributed by atoms with Gasteiger partial charge < -0.3 is 15.5 Å². The Hall–Kier alpha value is -2.52. The predicted molar refractivity (Wildman–Crippen MR) is 113 cm³/mol. The summed E-state index contributed by atoms with van der Waals surface area (Å²) >= 11 is 0. The van der Waals surface area contributed by atoms with Crippen molar-refractivity contribution in [2.75, 3.05) is 30.4 Å². The molecule has 0 radical (unpaired) electrons. The van der Waals surface area contributed by atoms with E-state index in [-0.39, 0.29) is 35.9 Å². The van der Waals surface area contributed by atoms with Crippen LogP contribution in [-0.2, 0) is 0 Å². The lowest BCUT2D eigenvalue weighted by molar-refractivity contribution is -0.384. The molecule has 2 N–H and O–H groups in total. The van der Waals surface area contributed by atoms with Crippen LogP contribution in [0.4, 0.5) is 30.2 Å². The molecule has 1 aromatic carbocycles. The minimum Gasteiger partial charge on any atom is -0.383 e. The van der Waals surface area contributed by atoms with E-state index in [1.54, 1.807) is 0 Å². The SMILES string of the molecule is CNc1cc(N2CCCC(C(F)(F)F)C2)c(C(=O)N[C@H]2CC[C@H](C)CC2)cc1[N+](=O)[O-]. The third kappa shape index (κ3) is 5.40. The summed E-state index contributed by atoms with van der Waals surface area (Å²) in [4.78, 5) is 25.6. The summed E-state index contributed by atoms with van der Waals surface area (Å²) < 4.78 is 40.0. The van der Waals surface area contributed by atoms with Crippen molar-refractivity contribution in [1.29, 1.82) is 0 Å². The van der Waals surface area contributed by atoms with Gasteiger partial charge >= 0.3 is 6.18 Å². The number of carbonyl (C=O) groups excluding carboxylic acids is 1. The number of carbonyl (C=O) groups is 1. The predicted octanol–water partition coefficient (Wildman–Crippen LogP) is 4.72. The first-order chi connectivity index (χ1) is 14.6. The van der Waals surface area contributed by atoms with Gasteiger partial charge in [0.1, 0.15) is 5.69 Å². The summed E-state index contributed by atoms with van der Waals surface area (Å²) in [6, 6.07) is 2.57. The Bertz CT molecular complexity index is 823. The second kappa shape index (κ2) is 9.32. The molecule has 1 heterocycles. The van der Waals surface area contributed by atoms with E-state index in [9.17, 15) is 28.1 Å². The third-order valence-electron chi connectivity index (χ3n) is 6.40. The highest BCUT2D eigenvalue weighted by atomic mass is 19.4. The number of halogens is 3. The zero-order valence-electron chi connectivity index (χ0n) is 17.8. The lowest BCUT2D eigenvalue weighted by Crippen LogP contribution is -2.43. The van der Waals surface area contributed by atoms with Gasteiger partial charge in [-0.1, -0.05) is 6.92 Å². The zero-order valence-corrected chi connectivity index (χ0v) is 17.8. The van der Waals surface area contributed by atoms with Gasteiger partial charge in [-0.25, -0.2) is 0 Å². The number of hydrogen-bond acceptors (Lipinski definition) is 5. The van der Waals surface area contributed by atoms with Crippen molar-refractivity contribution in [1.82, 2.24) is 5.32 Å². The molecular formula is C21H29F3N4O3. The lowest BCUT2D eigenvalue weighted by atomic mass is 9.87. The number of nitro groups is 1. The largest absolute Gasteiger partial charge is 0.393 e. The van der Waals surface area contributed by atoms with Crippen molar-refractivity contribution in [2.45, 2.75) is 57.7 Å². The number of alkyl halides is 3. The minimum atomic E-state index is -4.33. The number of piperidine rings is 1. The maximum absolute atomic E-state index is 13.3. The standard InChI is InChI=1S/C21H29F3N4O3/c1-13-5-7-15(8-6-13)26-20(29)16-10-19(28(30)31)17(25-2)11-18(16)27-9-3-4-14(12-27)21(22,23)24/h10-11,13-15,25H,3-9,12H2,1-2H3,(H,26,29)/t13-,14?,15-. The second-order valence-corrected chi connectivity index (χ2v) is 8.65. The van der Waals surface area contributed by atoms with Crippen molar-refractivity contribution in [3.8, 4) is 0 Å². The molecule has 3 rings (SSSR count). The van der Waals surface area contributed by atoms with Crippen molar-refractivity contribution in [3.05, 3.63) is 27.8 Å². The van der Waals surface area contributed by atoms with Crippen LogP contribution in [0.25, 0.3) is 0 Å². The van der Waals surface area contributed by atoms with Gasteiger partial charge in [0.05, 0.1) is 22.1 Å². The van der Waals surface area contributed by atoms with E-state index < -0.39 is 22.9 Å². The molecule has 1 amide bonds. The fourth-order valence-corrected chi connectivity index (χ4v) is 4.50. The van der Waals surface area contributed by atoms with Crippen LogP contribution in [-0.4, -0.2) is 43.2 Å². The molecule has 1 aromatic rings. The molecule has 7 nitrogen and oxygen atoms in total. The van der Waals surface area contributed by atoms with E-state index in [0.29, 0.717) is 24.6 Å². The molecule has 2 aliphatic rings. The molecule has 1 unspecified atom stereocenters. The van der Waals surface area contributed by atoms with Crippen LogP contribution >= 0.6 is 0 Å². The summed E-state index contributed by atoms with van der Waals surface area (Å²) in [6.45, 7) is 2.24. The van der Waals surface area contributed by atoms with Crippen molar-refractivity contribution >= 4 is 23.0 Å². The normalized spacial score (nSPS) is 24.5. The lowest BCUT2D eigenvalue weighted by Gasteiger charge is -2.36. The van der Waals surface area contributed by atoms with Crippen LogP contribution in [0, 0.1) is 22.0 Å². The van der Waals surface area contributed by atoms with E-state index in [1.807, 2.05) is 0 Å². The molecule has 172 valence electrons. The van der Waals surface area contributed by atoms with Crippen LogP contribution in [0.5, 0.6) is 0 Å². The van der Waals surface area contributed by atoms with Crippen LogP contribution in [0.15, 0.2) is 12.1 Å². The number of benzene rings is 1. The fourth-order valence-electron chi connectivity index (χ4n) is 4.50. The third-order valence-corrected chi connectivity index (χ3v) is 6.40. The van der Waals surface area contributed by atoms with Gasteiger partial charge in [0.15, 0.2) is 0 Å². The Morgan fingerprint density at radius 3 is 2.45 bits per heavy atom. The first-order valence-electron chi connectivity index (χ1n) is 10.7. The van der Waals surface area contributed by atoms with Gasteiger partial charge in [0.25, 0.3) is 11.6 Å². The molecule has 1 aliphatic carbocycles. The first-order valence-corrected chi connectivity index (χ1v) is 10.7. The van der Waals surface area contributed by atoms with E-state index in [2.05, 4.69) is 17.6 Å². The Morgan fingerprint density at radius 2 is 1.87 bits per heavy atom. The maximum Gasteiger partial charge on any atom is 0.393 e. The van der Waals surface area contributed by atoms with Gasteiger partial charge in [-0.05, 0) is 50.5 Å². The molecule has 10 heteroatoms. The van der Waals surface area contributed by atoms with E-state index in [0.717, 1.165) is 25.7 Å². The Kier molecular flexibility index (Phi) is 6.96. The van der Waals surface area contributed by atoms with Crippen molar-refractivity contribution < 1.29 is 22.9 Å². The summed E-state index contributed by atoms with van der Waals surface area (Å²) in [5, 5.41) is 17.2. The van der Waals surface area contributed by atoms with Gasteiger partial charge in [-0.15, -0.1) is 0 Å². The Balaban J connectivity index is 1.94. The molecule has 0 spiro atoms.